The Morgan fingerprint density at radius 1 is 1.38 bits per heavy atom. The normalized spacial score (nSPS) is 22.3. The highest BCUT2D eigenvalue weighted by molar-refractivity contribution is 5.86. The number of carbonyl (C=O) groups is 3. The molecular weight excluding hydrogens is 312 g/mol. The van der Waals surface area contributed by atoms with Crippen LogP contribution in [-0.2, 0) is 9.53 Å². The van der Waals surface area contributed by atoms with Gasteiger partial charge in [-0.25, -0.2) is 9.59 Å². The maximum Gasteiger partial charge on any atom is 0.407 e. The van der Waals surface area contributed by atoms with Crippen molar-refractivity contribution in [2.45, 2.75) is 45.7 Å². The van der Waals surface area contributed by atoms with Crippen molar-refractivity contribution in [2.24, 2.45) is 5.92 Å². The van der Waals surface area contributed by atoms with Crippen molar-refractivity contribution in [3.05, 3.63) is 0 Å². The summed E-state index contributed by atoms with van der Waals surface area (Å²) in [7, 11) is 0. The van der Waals surface area contributed by atoms with Crippen molar-refractivity contribution < 1.29 is 19.1 Å². The molecule has 2 aliphatic rings. The number of hydrogen-bond donors (Lipinski definition) is 2. The molecule has 0 radical (unpaired) electrons. The molecule has 0 saturated carbocycles. The Balaban J connectivity index is 2.00. The van der Waals surface area contributed by atoms with E-state index in [1.807, 2.05) is 18.7 Å². The molecule has 8 nitrogen and oxygen atoms in total. The van der Waals surface area contributed by atoms with E-state index in [1.165, 1.54) is 0 Å². The number of carbonyl (C=O) groups excluding carboxylic acids is 3. The standard InChI is InChI=1S/C16H28N4O4/c1-4-24-16(23)18-13(11(2)3)14(21)19-8-5-6-12(10-19)20-9-7-17-15(20)22/h11-13H,4-10H2,1-3H3,(H,17,22)(H,18,23)/t12-,13+/m0/s1. The van der Waals surface area contributed by atoms with Crippen LogP contribution in [0, 0.1) is 5.92 Å². The maximum absolute atomic E-state index is 12.9. The van der Waals surface area contributed by atoms with Crippen molar-refractivity contribution >= 4 is 18.0 Å². The topological polar surface area (TPSA) is 91.0 Å². The van der Waals surface area contributed by atoms with Gasteiger partial charge < -0.3 is 25.2 Å². The monoisotopic (exact) mass is 340 g/mol. The Kier molecular flexibility index (Phi) is 6.28. The summed E-state index contributed by atoms with van der Waals surface area (Å²) in [6.45, 7) is 8.28. The summed E-state index contributed by atoms with van der Waals surface area (Å²) >= 11 is 0. The van der Waals surface area contributed by atoms with Crippen molar-refractivity contribution in [2.75, 3.05) is 32.8 Å². The first-order valence-corrected chi connectivity index (χ1v) is 8.70. The summed E-state index contributed by atoms with van der Waals surface area (Å²) in [5.41, 5.74) is 0. The van der Waals surface area contributed by atoms with Crippen LogP contribution in [-0.4, -0.2) is 72.7 Å². The molecular formula is C16H28N4O4. The summed E-state index contributed by atoms with van der Waals surface area (Å²) in [6.07, 6.45) is 1.18. The Bertz CT molecular complexity index is 483. The van der Waals surface area contributed by atoms with Crippen LogP contribution in [0.5, 0.6) is 0 Å². The van der Waals surface area contributed by atoms with E-state index < -0.39 is 12.1 Å². The van der Waals surface area contributed by atoms with Crippen LogP contribution in [0.1, 0.15) is 33.6 Å². The molecule has 0 aliphatic carbocycles. The Morgan fingerprint density at radius 3 is 2.71 bits per heavy atom. The molecule has 2 atom stereocenters. The van der Waals surface area contributed by atoms with Crippen molar-refractivity contribution in [3.8, 4) is 0 Å². The van der Waals surface area contributed by atoms with Crippen LogP contribution in [0.3, 0.4) is 0 Å². The minimum absolute atomic E-state index is 0.0422. The van der Waals surface area contributed by atoms with E-state index in [0.717, 1.165) is 12.8 Å². The van der Waals surface area contributed by atoms with Gasteiger partial charge in [-0.2, -0.15) is 0 Å². The minimum atomic E-state index is -0.616. The molecule has 0 spiro atoms. The average molecular weight is 340 g/mol. The lowest BCUT2D eigenvalue weighted by Crippen LogP contribution is -2.56. The lowest BCUT2D eigenvalue weighted by molar-refractivity contribution is -0.136. The molecule has 0 aromatic rings. The molecule has 0 unspecified atom stereocenters. The fourth-order valence-corrected chi connectivity index (χ4v) is 3.25. The molecule has 0 aromatic carbocycles. The van der Waals surface area contributed by atoms with Crippen LogP contribution in [0.2, 0.25) is 0 Å². The first-order chi connectivity index (χ1) is 11.4. The number of alkyl carbamates (subject to hydrolysis) is 1. The van der Waals surface area contributed by atoms with Gasteiger partial charge in [0.05, 0.1) is 12.6 Å². The quantitative estimate of drug-likeness (QED) is 0.773. The third kappa shape index (κ3) is 4.30. The molecule has 0 aromatic heterocycles. The first kappa shape index (κ1) is 18.4. The van der Waals surface area contributed by atoms with Crippen molar-refractivity contribution in [1.82, 2.24) is 20.4 Å². The zero-order valence-corrected chi connectivity index (χ0v) is 14.7. The first-order valence-electron chi connectivity index (χ1n) is 8.70. The third-order valence-corrected chi connectivity index (χ3v) is 4.52. The van der Waals surface area contributed by atoms with Gasteiger partial charge in [-0.1, -0.05) is 13.8 Å². The van der Waals surface area contributed by atoms with Crippen LogP contribution in [0.4, 0.5) is 9.59 Å². The molecule has 2 saturated heterocycles. The van der Waals surface area contributed by atoms with Gasteiger partial charge in [-0.3, -0.25) is 4.79 Å². The molecule has 2 rings (SSSR count). The van der Waals surface area contributed by atoms with E-state index in [4.69, 9.17) is 4.74 Å². The predicted octanol–water partition coefficient (Wildman–Crippen LogP) is 0.773. The van der Waals surface area contributed by atoms with Crippen LogP contribution in [0.25, 0.3) is 0 Å². The zero-order valence-electron chi connectivity index (χ0n) is 14.7. The minimum Gasteiger partial charge on any atom is -0.450 e. The van der Waals surface area contributed by atoms with Gasteiger partial charge in [0, 0.05) is 26.2 Å². The smallest absolute Gasteiger partial charge is 0.407 e. The molecule has 4 amide bonds. The van der Waals surface area contributed by atoms with E-state index in [-0.39, 0.29) is 30.5 Å². The Hall–Kier alpha value is -1.99. The second-order valence-electron chi connectivity index (χ2n) is 6.59. The van der Waals surface area contributed by atoms with E-state index in [2.05, 4.69) is 10.6 Å². The lowest BCUT2D eigenvalue weighted by Gasteiger charge is -2.39. The molecule has 2 heterocycles. The van der Waals surface area contributed by atoms with Gasteiger partial charge in [-0.05, 0) is 25.7 Å². The predicted molar refractivity (Wildman–Crippen MR) is 88.5 cm³/mol. The van der Waals surface area contributed by atoms with Gasteiger partial charge in [0.25, 0.3) is 0 Å². The second kappa shape index (κ2) is 8.21. The zero-order chi connectivity index (χ0) is 17.7. The second-order valence-corrected chi connectivity index (χ2v) is 6.59. The van der Waals surface area contributed by atoms with Gasteiger partial charge in [-0.15, -0.1) is 0 Å². The summed E-state index contributed by atoms with van der Waals surface area (Å²) in [4.78, 5) is 40.0. The number of piperidine rings is 1. The van der Waals surface area contributed by atoms with Crippen molar-refractivity contribution in [1.29, 1.82) is 0 Å². The van der Waals surface area contributed by atoms with E-state index >= 15 is 0 Å². The van der Waals surface area contributed by atoms with Crippen LogP contribution >= 0.6 is 0 Å². The number of nitrogens with zero attached hydrogens (tertiary/aromatic N) is 2. The van der Waals surface area contributed by atoms with Gasteiger partial charge >= 0.3 is 12.1 Å². The van der Waals surface area contributed by atoms with E-state index in [9.17, 15) is 14.4 Å². The average Bonchev–Trinajstić information content (AvgIpc) is 2.98. The summed E-state index contributed by atoms with van der Waals surface area (Å²) < 4.78 is 4.89. The highest BCUT2D eigenvalue weighted by Gasteiger charge is 2.36. The Morgan fingerprint density at radius 2 is 2.12 bits per heavy atom. The SMILES string of the molecule is CCOC(=O)N[C@@H](C(=O)N1CCC[C@H](N2CCNC2=O)C1)C(C)C. The summed E-state index contributed by atoms with van der Waals surface area (Å²) in [5, 5.41) is 5.46. The summed E-state index contributed by atoms with van der Waals surface area (Å²) in [6, 6.07) is -0.629. The summed E-state index contributed by atoms with van der Waals surface area (Å²) in [5.74, 6) is -0.153. The number of urea groups is 1. The molecule has 2 fully saturated rings. The molecule has 8 heteroatoms. The van der Waals surface area contributed by atoms with Gasteiger partial charge in [0.2, 0.25) is 5.91 Å². The number of nitrogens with one attached hydrogen (secondary N) is 2. The maximum atomic E-state index is 12.9. The fraction of sp³-hybridized carbons (Fsp3) is 0.812. The van der Waals surface area contributed by atoms with Crippen LogP contribution in [0.15, 0.2) is 0 Å². The number of hydrogen-bond acceptors (Lipinski definition) is 4. The van der Waals surface area contributed by atoms with Crippen molar-refractivity contribution in [3.63, 3.8) is 0 Å². The highest BCUT2D eigenvalue weighted by Crippen LogP contribution is 2.19. The highest BCUT2D eigenvalue weighted by atomic mass is 16.5. The Labute approximate surface area is 142 Å². The molecule has 0 bridgehead atoms. The van der Waals surface area contributed by atoms with E-state index in [1.54, 1.807) is 11.8 Å². The number of likely N-dealkylation sites (tertiary alicyclic amines) is 1. The van der Waals surface area contributed by atoms with Gasteiger partial charge in [0.1, 0.15) is 6.04 Å². The van der Waals surface area contributed by atoms with Gasteiger partial charge in [0.15, 0.2) is 0 Å². The molecule has 24 heavy (non-hydrogen) atoms. The number of ether oxygens (including phenoxy) is 1. The fourth-order valence-electron chi connectivity index (χ4n) is 3.25. The molecule has 2 N–H and O–H groups in total. The number of amides is 4. The van der Waals surface area contributed by atoms with E-state index in [0.29, 0.717) is 26.2 Å². The third-order valence-electron chi connectivity index (χ3n) is 4.52. The molecule has 136 valence electrons. The number of rotatable bonds is 5. The largest absolute Gasteiger partial charge is 0.450 e. The van der Waals surface area contributed by atoms with Crippen LogP contribution < -0.4 is 10.6 Å². The lowest BCUT2D eigenvalue weighted by atomic mass is 9.99. The molecule has 2 aliphatic heterocycles.